The molecule has 5 heteroatoms. The van der Waals surface area contributed by atoms with E-state index in [1.165, 1.54) is 0 Å². The quantitative estimate of drug-likeness (QED) is 0.871. The molecule has 1 aromatic heterocycles. The summed E-state index contributed by atoms with van der Waals surface area (Å²) < 4.78 is 7.94. The lowest BCUT2D eigenvalue weighted by molar-refractivity contribution is 0.242. The lowest BCUT2D eigenvalue weighted by atomic mass is 10.2. The summed E-state index contributed by atoms with van der Waals surface area (Å²) in [7, 11) is 0. The Balaban J connectivity index is 1.85. The molecule has 3 rings (SSSR count). The largest absolute Gasteiger partial charge is 0.491 e. The van der Waals surface area contributed by atoms with Crippen molar-refractivity contribution in [1.82, 2.24) is 9.55 Å². The zero-order valence-electron chi connectivity index (χ0n) is 11.9. The minimum atomic E-state index is 0.143. The van der Waals surface area contributed by atoms with Crippen molar-refractivity contribution < 1.29 is 4.74 Å². The lowest BCUT2D eigenvalue weighted by Gasteiger charge is -2.30. The molecule has 0 aliphatic carbocycles. The predicted molar refractivity (Wildman–Crippen MR) is 79.9 cm³/mol. The first-order chi connectivity index (χ1) is 9.61. The molecule has 0 saturated heterocycles. The Hall–Kier alpha value is -2.17. The van der Waals surface area contributed by atoms with Crippen LogP contribution in [-0.2, 0) is 13.1 Å². The predicted octanol–water partition coefficient (Wildman–Crippen LogP) is 2.27. The van der Waals surface area contributed by atoms with Crippen molar-refractivity contribution in [3.05, 3.63) is 36.4 Å². The third-order valence-electron chi connectivity index (χ3n) is 3.40. The molecule has 2 aromatic rings. The number of imidazole rings is 1. The molecular formula is C15H20N4O. The summed E-state index contributed by atoms with van der Waals surface area (Å²) >= 11 is 0. The van der Waals surface area contributed by atoms with E-state index in [2.05, 4.69) is 20.5 Å². The molecule has 106 valence electrons. The van der Waals surface area contributed by atoms with E-state index in [4.69, 9.17) is 10.5 Å². The molecule has 0 unspecified atom stereocenters. The van der Waals surface area contributed by atoms with Gasteiger partial charge >= 0.3 is 0 Å². The van der Waals surface area contributed by atoms with E-state index in [0.29, 0.717) is 0 Å². The van der Waals surface area contributed by atoms with Gasteiger partial charge in [0.05, 0.1) is 12.6 Å². The average Bonchev–Trinajstić information content (AvgIpc) is 2.84. The number of nitrogens with zero attached hydrogens (tertiary/aromatic N) is 3. The van der Waals surface area contributed by atoms with Gasteiger partial charge in [-0.05, 0) is 19.9 Å². The highest BCUT2D eigenvalue weighted by Gasteiger charge is 2.17. The third kappa shape index (κ3) is 2.57. The van der Waals surface area contributed by atoms with Gasteiger partial charge in [0.1, 0.15) is 11.6 Å². The minimum Gasteiger partial charge on any atom is -0.491 e. The molecule has 20 heavy (non-hydrogen) atoms. The minimum absolute atomic E-state index is 0.143. The molecule has 2 N–H and O–H groups in total. The summed E-state index contributed by atoms with van der Waals surface area (Å²) in [6.07, 6.45) is 4.02. The van der Waals surface area contributed by atoms with E-state index in [9.17, 15) is 0 Å². The molecule has 5 nitrogen and oxygen atoms in total. The Morgan fingerprint density at radius 2 is 2.10 bits per heavy atom. The summed E-state index contributed by atoms with van der Waals surface area (Å²) in [5.41, 5.74) is 7.81. The van der Waals surface area contributed by atoms with Crippen molar-refractivity contribution in [3.63, 3.8) is 0 Å². The Morgan fingerprint density at radius 3 is 2.90 bits per heavy atom. The van der Waals surface area contributed by atoms with Crippen molar-refractivity contribution >= 4 is 11.4 Å². The molecule has 0 spiro atoms. The Kier molecular flexibility index (Phi) is 3.26. The second kappa shape index (κ2) is 5.07. The number of benzene rings is 1. The van der Waals surface area contributed by atoms with E-state index < -0.39 is 0 Å². The van der Waals surface area contributed by atoms with Crippen molar-refractivity contribution in [2.45, 2.75) is 33.0 Å². The highest BCUT2D eigenvalue weighted by atomic mass is 16.5. The number of fused-ring (bicyclic) bond motifs is 1. The fraction of sp³-hybridized carbons (Fsp3) is 0.400. The average molecular weight is 272 g/mol. The zero-order chi connectivity index (χ0) is 14.1. The van der Waals surface area contributed by atoms with Gasteiger partial charge in [-0.25, -0.2) is 4.98 Å². The van der Waals surface area contributed by atoms with Crippen LogP contribution in [0.2, 0.25) is 0 Å². The summed E-state index contributed by atoms with van der Waals surface area (Å²) in [4.78, 5) is 6.67. The van der Waals surface area contributed by atoms with Crippen molar-refractivity contribution in [2.24, 2.45) is 0 Å². The number of ether oxygens (including phenoxy) is 1. The van der Waals surface area contributed by atoms with Crippen LogP contribution in [-0.4, -0.2) is 22.2 Å². The number of hydrogen-bond donors (Lipinski definition) is 1. The first-order valence-electron chi connectivity index (χ1n) is 6.94. The Labute approximate surface area is 119 Å². The van der Waals surface area contributed by atoms with Crippen molar-refractivity contribution in [1.29, 1.82) is 0 Å². The summed E-state index contributed by atoms with van der Waals surface area (Å²) in [5, 5.41) is 0. The van der Waals surface area contributed by atoms with Gasteiger partial charge in [-0.2, -0.15) is 0 Å². The maximum atomic E-state index is 5.99. The monoisotopic (exact) mass is 272 g/mol. The van der Waals surface area contributed by atoms with Crippen LogP contribution in [0.5, 0.6) is 5.75 Å². The third-order valence-corrected chi connectivity index (χ3v) is 3.40. The first kappa shape index (κ1) is 12.8. The maximum absolute atomic E-state index is 5.99. The molecule has 0 amide bonds. The van der Waals surface area contributed by atoms with Gasteiger partial charge in [0.15, 0.2) is 0 Å². The molecule has 1 aromatic carbocycles. The fourth-order valence-corrected chi connectivity index (χ4v) is 2.52. The SMILES string of the molecule is CC(C)Oc1cc(N)cc(N2CCn3ccnc3C2)c1. The van der Waals surface area contributed by atoms with Gasteiger partial charge in [0, 0.05) is 49.0 Å². The molecule has 0 atom stereocenters. The topological polar surface area (TPSA) is 56.3 Å². The van der Waals surface area contributed by atoms with E-state index in [-0.39, 0.29) is 6.10 Å². The van der Waals surface area contributed by atoms with Gasteiger partial charge in [0.25, 0.3) is 0 Å². The van der Waals surface area contributed by atoms with E-state index in [1.54, 1.807) is 0 Å². The van der Waals surface area contributed by atoms with Crippen LogP contribution in [0.25, 0.3) is 0 Å². The lowest BCUT2D eigenvalue weighted by Crippen LogP contribution is -2.33. The van der Waals surface area contributed by atoms with Crippen molar-refractivity contribution in [2.75, 3.05) is 17.2 Å². The molecule has 0 radical (unpaired) electrons. The van der Waals surface area contributed by atoms with Crippen LogP contribution in [0.4, 0.5) is 11.4 Å². The first-order valence-corrected chi connectivity index (χ1v) is 6.94. The van der Waals surface area contributed by atoms with Gasteiger partial charge in [-0.3, -0.25) is 0 Å². The van der Waals surface area contributed by atoms with Gasteiger partial charge in [-0.1, -0.05) is 0 Å². The van der Waals surface area contributed by atoms with Gasteiger partial charge < -0.3 is 19.9 Å². The summed E-state index contributed by atoms with van der Waals surface area (Å²) in [6.45, 7) is 6.73. The highest BCUT2D eigenvalue weighted by molar-refractivity contribution is 5.60. The molecule has 1 aliphatic heterocycles. The molecule has 0 bridgehead atoms. The van der Waals surface area contributed by atoms with Crippen LogP contribution in [0.15, 0.2) is 30.6 Å². The van der Waals surface area contributed by atoms with Crippen LogP contribution in [0, 0.1) is 0 Å². The van der Waals surface area contributed by atoms with E-state index >= 15 is 0 Å². The second-order valence-electron chi connectivity index (χ2n) is 5.39. The Bertz CT molecular complexity index is 606. The normalized spacial score (nSPS) is 14.4. The second-order valence-corrected chi connectivity index (χ2v) is 5.39. The Morgan fingerprint density at radius 1 is 1.25 bits per heavy atom. The van der Waals surface area contributed by atoms with Gasteiger partial charge in [0.2, 0.25) is 0 Å². The fourth-order valence-electron chi connectivity index (χ4n) is 2.52. The number of nitrogen functional groups attached to an aromatic ring is 1. The molecule has 0 saturated carbocycles. The molecule has 1 aliphatic rings. The van der Waals surface area contributed by atoms with Crippen LogP contribution >= 0.6 is 0 Å². The molecular weight excluding hydrogens is 252 g/mol. The number of nitrogens with two attached hydrogens (primary N) is 1. The number of anilines is 2. The maximum Gasteiger partial charge on any atom is 0.128 e. The highest BCUT2D eigenvalue weighted by Crippen LogP contribution is 2.28. The molecule has 0 fully saturated rings. The van der Waals surface area contributed by atoms with Gasteiger partial charge in [-0.15, -0.1) is 0 Å². The van der Waals surface area contributed by atoms with Crippen LogP contribution < -0.4 is 15.4 Å². The smallest absolute Gasteiger partial charge is 0.128 e. The van der Waals surface area contributed by atoms with Crippen LogP contribution in [0.1, 0.15) is 19.7 Å². The number of rotatable bonds is 3. The molecule has 2 heterocycles. The van der Waals surface area contributed by atoms with E-state index in [0.717, 1.165) is 42.6 Å². The number of aromatic nitrogens is 2. The standard InChI is InChI=1S/C15H20N4O/c1-11(2)20-14-8-12(16)7-13(9-14)19-6-5-18-4-3-17-15(18)10-19/h3-4,7-9,11H,5-6,10,16H2,1-2H3. The van der Waals surface area contributed by atoms with Crippen LogP contribution in [0.3, 0.4) is 0 Å². The van der Waals surface area contributed by atoms with E-state index in [1.807, 2.05) is 38.4 Å². The number of hydrogen-bond acceptors (Lipinski definition) is 4. The zero-order valence-corrected chi connectivity index (χ0v) is 11.9. The summed E-state index contributed by atoms with van der Waals surface area (Å²) in [6, 6.07) is 5.91. The summed E-state index contributed by atoms with van der Waals surface area (Å²) in [5.74, 6) is 1.91. The van der Waals surface area contributed by atoms with Crippen molar-refractivity contribution in [3.8, 4) is 5.75 Å².